The first-order chi connectivity index (χ1) is 50.6. The second-order valence-electron chi connectivity index (χ2n) is 22.9. The molecule has 0 aliphatic heterocycles. The number of nitrogens with zero attached hydrogens (tertiary/aromatic N) is 2. The van der Waals surface area contributed by atoms with Crippen molar-refractivity contribution in [1.82, 2.24) is 9.97 Å². The first-order valence-corrected chi connectivity index (χ1v) is 40.5. The third-order valence-electron chi connectivity index (χ3n) is 16.2. The number of carbonyl (C=O) groups is 5. The minimum Gasteiger partial charge on any atom is -0.398 e. The first kappa shape index (κ1) is 81.2. The number of hydrogen-bond acceptors (Lipinski definition) is 17. The van der Waals surface area contributed by atoms with E-state index >= 15 is 0 Å². The first-order valence-electron chi connectivity index (χ1n) is 33.1. The van der Waals surface area contributed by atoms with Crippen LogP contribution >= 0.6 is 70.6 Å². The summed E-state index contributed by atoms with van der Waals surface area (Å²) < 4.78 is 1.04. The van der Waals surface area contributed by atoms with Crippen LogP contribution in [0.2, 0.25) is 0 Å². The SMILES string of the molecule is CS/C(=C\C(=O)c1ccccc1)Nc1cccc2c(N/C(=C/C(=O)c3ccccc3)SC)cccc12.CSC(=CC(=O)c1ccccc1)SC.CSc1nc2c(ccc3c2ccc2cc(C(=O)c4ccccc4)c(SC)nc23)cc1C(=O)c1ccccc1.Nc1cccc2c(N)cccc12.[CH2-]CCC.[Li+]. The van der Waals surface area contributed by atoms with Crippen molar-refractivity contribution < 1.29 is 42.8 Å². The number of unbranched alkanes of at least 4 members (excludes halogenated alkanes) is 1. The molecule has 105 heavy (non-hydrogen) atoms. The summed E-state index contributed by atoms with van der Waals surface area (Å²) in [5.74, 6) is -0.0975. The molecular weight excluding hydrogens is 1410 g/mol. The zero-order chi connectivity index (χ0) is 73.9. The van der Waals surface area contributed by atoms with Crippen molar-refractivity contribution in [2.24, 2.45) is 0 Å². The molecule has 0 bridgehead atoms. The van der Waals surface area contributed by atoms with E-state index in [0.29, 0.717) is 43.4 Å². The average Bonchev–Trinajstić information content (AvgIpc) is 0.743. The van der Waals surface area contributed by atoms with Crippen LogP contribution in [0, 0.1) is 6.92 Å². The molecule has 6 N–H and O–H groups in total. The van der Waals surface area contributed by atoms with E-state index in [1.54, 1.807) is 41.8 Å². The van der Waals surface area contributed by atoms with E-state index in [1.165, 1.54) is 53.5 Å². The number of thioether (sulfide) groups is 6. The number of pyridine rings is 2. The van der Waals surface area contributed by atoms with Crippen LogP contribution in [-0.4, -0.2) is 76.4 Å². The fraction of sp³-hybridized carbons (Fsp3) is 0.103. The van der Waals surface area contributed by atoms with Crippen molar-refractivity contribution in [2.75, 3.05) is 59.6 Å². The molecule has 0 atom stereocenters. The standard InChI is InChI=1S/C32H22N2O2S2.C30H26N2O2S2.C11H12OS2.C10H10N2.C4H9.Li/c1-37-31-25(29(35)19-9-5-3-6-10-19)17-21-13-16-24-23(27(21)33-31)15-14-22-18-26(32(38-2)34-28(22)24)30(36)20-11-7-4-8-12-20;1-35-29(19-27(33)21-11-5-3-6-12-21)31-25-17-9-16-24-23(25)15-10-18-26(24)32-30(36-2)20-28(34)22-13-7-4-8-14-22;1-13-11(14-2)8-10(12)9-6-4-3-5-7-9;11-9-5-1-3-7-8(9)4-2-6-10(7)12;1-3-4-2;/h3-18H,1-2H3;3-20,31-32H,1-2H3;3-8H,1-2H3;1-6H,11-12H2;1,3-4H2,2H3;/q;;;;-1;+1/b;29-19-,30-20-;;;;. The van der Waals surface area contributed by atoms with Crippen molar-refractivity contribution in [1.29, 1.82) is 0 Å². The predicted octanol–water partition coefficient (Wildman–Crippen LogP) is 19.7. The van der Waals surface area contributed by atoms with Crippen molar-refractivity contribution >= 4 is 176 Å². The Morgan fingerprint density at radius 3 is 1.01 bits per heavy atom. The number of anilines is 4. The third kappa shape index (κ3) is 21.6. The summed E-state index contributed by atoms with van der Waals surface area (Å²) in [4.78, 5) is 73.5. The number of carbonyl (C=O) groups excluding carboxylic acids is 5. The molecule has 2 aromatic heterocycles. The topological polar surface area (TPSA) is 187 Å². The number of ketones is 5. The van der Waals surface area contributed by atoms with Crippen molar-refractivity contribution in [3.8, 4) is 0 Å². The molecule has 0 saturated carbocycles. The van der Waals surface area contributed by atoms with E-state index in [2.05, 4.69) is 24.5 Å². The van der Waals surface area contributed by atoms with Gasteiger partial charge in [0, 0.05) is 116 Å². The molecule has 0 amide bonds. The van der Waals surface area contributed by atoms with E-state index in [0.717, 1.165) is 103 Å². The van der Waals surface area contributed by atoms with Crippen LogP contribution in [0.4, 0.5) is 22.7 Å². The van der Waals surface area contributed by atoms with Crippen LogP contribution in [0.25, 0.3) is 54.1 Å². The summed E-state index contributed by atoms with van der Waals surface area (Å²) >= 11 is 9.09. The Labute approximate surface area is 652 Å². The molecule has 11 aromatic carbocycles. The summed E-state index contributed by atoms with van der Waals surface area (Å²) in [5.41, 5.74) is 21.1. The van der Waals surface area contributed by atoms with E-state index in [9.17, 15) is 24.0 Å². The maximum atomic E-state index is 13.3. The summed E-state index contributed by atoms with van der Waals surface area (Å²) in [6, 6.07) is 81.9. The van der Waals surface area contributed by atoms with E-state index in [1.807, 2.05) is 298 Å². The molecular formula is C87H79LiN6O5S6. The Hall–Kier alpha value is -9.51. The van der Waals surface area contributed by atoms with Gasteiger partial charge >= 0.3 is 18.9 Å². The zero-order valence-corrected chi connectivity index (χ0v) is 64.6. The molecule has 524 valence electrons. The largest absolute Gasteiger partial charge is 1.00 e. The molecule has 0 spiro atoms. The molecule has 13 rings (SSSR count). The average molecular weight is 1490 g/mol. The van der Waals surface area contributed by atoms with Crippen LogP contribution in [0.5, 0.6) is 0 Å². The van der Waals surface area contributed by atoms with E-state index in [4.69, 9.17) is 21.4 Å². The Balaban J connectivity index is 0.000000190. The van der Waals surface area contributed by atoms with E-state index < -0.39 is 0 Å². The minimum absolute atomic E-state index is 0. The van der Waals surface area contributed by atoms with Gasteiger partial charge in [-0.2, -0.15) is 6.42 Å². The van der Waals surface area contributed by atoms with Gasteiger partial charge in [-0.3, -0.25) is 24.0 Å². The molecule has 0 saturated heterocycles. The number of benzene rings is 11. The molecule has 0 unspecified atom stereocenters. The van der Waals surface area contributed by atoms with Gasteiger partial charge in [0.2, 0.25) is 0 Å². The molecule has 0 aliphatic rings. The summed E-state index contributed by atoms with van der Waals surface area (Å²) in [7, 11) is 0. The summed E-state index contributed by atoms with van der Waals surface area (Å²) in [6.45, 7) is 5.72. The quantitative estimate of drug-likeness (QED) is 0.0101. The van der Waals surface area contributed by atoms with Crippen LogP contribution < -0.4 is 41.0 Å². The maximum absolute atomic E-state index is 13.3. The predicted molar refractivity (Wildman–Crippen MR) is 453 cm³/mol. The molecule has 0 fully saturated rings. The van der Waals surface area contributed by atoms with Crippen LogP contribution in [0.3, 0.4) is 0 Å². The van der Waals surface area contributed by atoms with E-state index in [-0.39, 0.29) is 47.8 Å². The third-order valence-corrected chi connectivity index (χ3v) is 21.0. The number of nitrogens with two attached hydrogens (primary N) is 2. The Morgan fingerprint density at radius 2 is 0.695 bits per heavy atom. The Morgan fingerprint density at radius 1 is 0.381 bits per heavy atom. The van der Waals surface area contributed by atoms with Gasteiger partial charge in [0.15, 0.2) is 28.9 Å². The summed E-state index contributed by atoms with van der Waals surface area (Å²) in [5, 5.41) is 17.5. The molecule has 0 aliphatic carbocycles. The summed E-state index contributed by atoms with van der Waals surface area (Å²) in [6.07, 6.45) is 18.9. The molecule has 0 radical (unpaired) electrons. The second-order valence-corrected chi connectivity index (χ2v) is 28.2. The second kappa shape index (κ2) is 41.3. The number of rotatable bonds is 21. The molecule has 13 aromatic rings. The van der Waals surface area contributed by atoms with Gasteiger partial charge in [-0.25, -0.2) is 9.97 Å². The van der Waals surface area contributed by atoms with Gasteiger partial charge in [-0.1, -0.05) is 238 Å². The van der Waals surface area contributed by atoms with Crippen molar-refractivity contribution in [2.45, 2.75) is 29.8 Å². The fourth-order valence-electron chi connectivity index (χ4n) is 10.8. The molecule has 18 heteroatoms. The van der Waals surface area contributed by atoms with Gasteiger partial charge < -0.3 is 29.0 Å². The number of hydrogen-bond donors (Lipinski definition) is 4. The van der Waals surface area contributed by atoms with Crippen LogP contribution in [0.15, 0.2) is 303 Å². The van der Waals surface area contributed by atoms with Crippen LogP contribution in [0.1, 0.15) is 82.7 Å². The monoisotopic (exact) mass is 1490 g/mol. The van der Waals surface area contributed by atoms with Gasteiger partial charge in [-0.05, 0) is 73.9 Å². The molecule has 11 nitrogen and oxygen atoms in total. The Kier molecular flexibility index (Phi) is 31.9. The molecule has 2 heterocycles. The normalized spacial score (nSPS) is 10.9. The number of nitrogen functional groups attached to an aromatic ring is 2. The van der Waals surface area contributed by atoms with Crippen LogP contribution in [-0.2, 0) is 0 Å². The van der Waals surface area contributed by atoms with Gasteiger partial charge in [0.05, 0.1) is 32.2 Å². The number of aromatic nitrogens is 2. The number of allylic oxidation sites excluding steroid dienone is 3. The minimum atomic E-state index is -0.0483. The van der Waals surface area contributed by atoms with Gasteiger partial charge in [-0.15, -0.1) is 70.6 Å². The Bertz CT molecular complexity index is 4970. The number of fused-ring (bicyclic) bond motifs is 7. The smallest absolute Gasteiger partial charge is 0.398 e. The van der Waals surface area contributed by atoms with Gasteiger partial charge in [0.1, 0.15) is 10.1 Å². The van der Waals surface area contributed by atoms with Gasteiger partial charge in [0.25, 0.3) is 0 Å². The van der Waals surface area contributed by atoms with Crippen molar-refractivity contribution in [3.05, 3.63) is 339 Å². The van der Waals surface area contributed by atoms with Crippen molar-refractivity contribution in [3.63, 3.8) is 0 Å². The number of nitrogens with one attached hydrogen (secondary N) is 2. The maximum Gasteiger partial charge on any atom is 1.00 e. The zero-order valence-electron chi connectivity index (χ0n) is 59.7. The fourth-order valence-corrected chi connectivity index (χ4v) is 13.9.